The number of carboxylic acid groups (broad SMARTS) is 5. The minimum absolute atomic E-state index is 0.312. The van der Waals surface area contributed by atoms with Crippen molar-refractivity contribution in [2.75, 3.05) is 0 Å². The molecular formula is C14H27NO12. The van der Waals surface area contributed by atoms with Crippen molar-refractivity contribution in [3.63, 3.8) is 0 Å². The Morgan fingerprint density at radius 1 is 0.407 bits per heavy atom. The predicted octanol–water partition coefficient (Wildman–Crippen LogP) is 0.124. The molecule has 6 N–H and O–H groups in total. The number of carbonyl (C=O) groups is 7. The number of aliphatic carboxylic acids is 5. The fraction of sp³-hybridized carbons (Fsp3) is 0.500. The van der Waals surface area contributed by atoms with Crippen molar-refractivity contribution in [1.82, 2.24) is 5.32 Å². The molecule has 160 valence electrons. The van der Waals surface area contributed by atoms with E-state index in [9.17, 15) is 9.59 Å². The molecule has 13 nitrogen and oxygen atoms in total. The van der Waals surface area contributed by atoms with Gasteiger partial charge < -0.3 is 25.5 Å². The van der Waals surface area contributed by atoms with Crippen molar-refractivity contribution in [2.24, 2.45) is 0 Å². The first kappa shape index (κ1) is 38.8. The van der Waals surface area contributed by atoms with Crippen molar-refractivity contribution < 1.29 is 59.1 Å². The van der Waals surface area contributed by atoms with Crippen molar-refractivity contribution in [3.8, 4) is 0 Å². The summed E-state index contributed by atoms with van der Waals surface area (Å²) in [7, 11) is 0. The Morgan fingerprint density at radius 2 is 0.481 bits per heavy atom. The topological polar surface area (TPSA) is 233 Å². The van der Waals surface area contributed by atoms with Gasteiger partial charge >= 0.3 is 0 Å². The van der Waals surface area contributed by atoms with Gasteiger partial charge in [-0.3, -0.25) is 38.9 Å². The van der Waals surface area contributed by atoms with E-state index < -0.39 is 29.8 Å². The Morgan fingerprint density at radius 3 is 0.481 bits per heavy atom. The Balaban J connectivity index is -0.0000000500. The number of nitrogens with one attached hydrogen (secondary N) is 1. The van der Waals surface area contributed by atoms with Gasteiger partial charge in [-0.05, 0) is 0 Å². The smallest absolute Gasteiger partial charge is 0.300 e. The summed E-state index contributed by atoms with van der Waals surface area (Å²) in [6.07, 6.45) is 0. The molecule has 0 aliphatic carbocycles. The monoisotopic (exact) mass is 401 g/mol. The molecule has 0 aliphatic rings. The second-order valence-electron chi connectivity index (χ2n) is 3.83. The van der Waals surface area contributed by atoms with Gasteiger partial charge in [0.2, 0.25) is 11.8 Å². The highest BCUT2D eigenvalue weighted by atomic mass is 16.4. The zero-order valence-electron chi connectivity index (χ0n) is 16.1. The van der Waals surface area contributed by atoms with Crippen molar-refractivity contribution in [3.05, 3.63) is 0 Å². The standard InChI is InChI=1S/C4H7NO2.5C2H4O2/c1-3(6)5-4(2)7;5*1-2(3)4/h1-2H3,(H,5,6,7);5*1H3,(H,3,4). The van der Waals surface area contributed by atoms with Crippen LogP contribution in [-0.2, 0) is 33.6 Å². The third-order valence-electron chi connectivity index (χ3n) is 0.352. The molecule has 0 aromatic heterocycles. The minimum Gasteiger partial charge on any atom is -0.481 e. The molecule has 0 heterocycles. The van der Waals surface area contributed by atoms with Gasteiger partial charge in [-0.2, -0.15) is 0 Å². The fourth-order valence-corrected chi connectivity index (χ4v) is 0.248. The lowest BCUT2D eigenvalue weighted by atomic mass is 10.6. The van der Waals surface area contributed by atoms with Crippen LogP contribution in [0.15, 0.2) is 0 Å². The van der Waals surface area contributed by atoms with Gasteiger partial charge in [0.15, 0.2) is 0 Å². The molecule has 0 rings (SSSR count). The molecule has 0 saturated heterocycles. The van der Waals surface area contributed by atoms with Crippen LogP contribution in [0.5, 0.6) is 0 Å². The van der Waals surface area contributed by atoms with Crippen molar-refractivity contribution >= 4 is 41.7 Å². The third kappa shape index (κ3) is 39300. The van der Waals surface area contributed by atoms with Crippen LogP contribution >= 0.6 is 0 Å². The first-order valence-electron chi connectivity index (χ1n) is 6.55. The number of hydrogen-bond donors (Lipinski definition) is 6. The number of rotatable bonds is 0. The highest BCUT2D eigenvalue weighted by Gasteiger charge is 1.90. The molecule has 0 fully saturated rings. The van der Waals surface area contributed by atoms with E-state index in [1.54, 1.807) is 0 Å². The normalized spacial score (nSPS) is 6.63. The number of hydrogen-bond acceptors (Lipinski definition) is 7. The summed E-state index contributed by atoms with van der Waals surface area (Å²) >= 11 is 0. The average molecular weight is 401 g/mol. The van der Waals surface area contributed by atoms with Crippen LogP contribution in [0.1, 0.15) is 48.5 Å². The van der Waals surface area contributed by atoms with Crippen LogP contribution in [0.3, 0.4) is 0 Å². The minimum atomic E-state index is -0.833. The molecule has 0 unspecified atom stereocenters. The Labute approximate surface area is 155 Å². The molecular weight excluding hydrogens is 374 g/mol. The van der Waals surface area contributed by atoms with E-state index in [1.165, 1.54) is 13.8 Å². The molecule has 0 bridgehead atoms. The summed E-state index contributed by atoms with van der Waals surface area (Å²) in [5, 5.41) is 39.1. The summed E-state index contributed by atoms with van der Waals surface area (Å²) in [5.41, 5.74) is 0. The second kappa shape index (κ2) is 30.4. The summed E-state index contributed by atoms with van der Waals surface area (Å²) in [6.45, 7) is 8.00. The molecule has 13 heteroatoms. The first-order valence-corrected chi connectivity index (χ1v) is 6.55. The van der Waals surface area contributed by atoms with Crippen LogP contribution in [0.2, 0.25) is 0 Å². The largest absolute Gasteiger partial charge is 0.481 e. The summed E-state index contributed by atoms with van der Waals surface area (Å²) in [4.78, 5) is 64.8. The van der Waals surface area contributed by atoms with Gasteiger partial charge in [0.25, 0.3) is 29.8 Å². The predicted molar refractivity (Wildman–Crippen MR) is 91.0 cm³/mol. The number of carboxylic acids is 5. The van der Waals surface area contributed by atoms with Gasteiger partial charge in [-0.25, -0.2) is 0 Å². The van der Waals surface area contributed by atoms with Crippen molar-refractivity contribution in [2.45, 2.75) is 48.5 Å². The fourth-order valence-electron chi connectivity index (χ4n) is 0.248. The number of imide groups is 1. The van der Waals surface area contributed by atoms with Crippen LogP contribution in [0.25, 0.3) is 0 Å². The summed E-state index contributed by atoms with van der Waals surface area (Å²) in [6, 6.07) is 0. The maximum Gasteiger partial charge on any atom is 0.300 e. The molecule has 0 atom stereocenters. The second-order valence-corrected chi connectivity index (χ2v) is 3.83. The molecule has 0 spiro atoms. The first-order chi connectivity index (χ1) is 11.8. The molecule has 2 amide bonds. The Hall–Kier alpha value is -3.51. The van der Waals surface area contributed by atoms with E-state index >= 15 is 0 Å². The van der Waals surface area contributed by atoms with E-state index in [0.717, 1.165) is 34.6 Å². The molecule has 0 saturated carbocycles. The quantitative estimate of drug-likeness (QED) is 0.317. The van der Waals surface area contributed by atoms with Crippen LogP contribution < -0.4 is 5.32 Å². The van der Waals surface area contributed by atoms with E-state index in [-0.39, 0.29) is 11.8 Å². The zero-order chi connectivity index (χ0) is 23.7. The maximum atomic E-state index is 9.92. The summed E-state index contributed by atoms with van der Waals surface area (Å²) in [5.74, 6) is -4.79. The van der Waals surface area contributed by atoms with Gasteiger partial charge in [0.1, 0.15) is 0 Å². The van der Waals surface area contributed by atoms with Crippen LogP contribution in [-0.4, -0.2) is 67.2 Å². The highest BCUT2D eigenvalue weighted by molar-refractivity contribution is 5.92. The van der Waals surface area contributed by atoms with Crippen molar-refractivity contribution in [1.29, 1.82) is 0 Å². The molecule has 0 radical (unpaired) electrons. The van der Waals surface area contributed by atoms with E-state index in [1.807, 2.05) is 5.32 Å². The molecule has 27 heavy (non-hydrogen) atoms. The summed E-state index contributed by atoms with van der Waals surface area (Å²) < 4.78 is 0. The molecule has 0 aliphatic heterocycles. The third-order valence-corrected chi connectivity index (χ3v) is 0.352. The molecule has 0 aromatic carbocycles. The van der Waals surface area contributed by atoms with Gasteiger partial charge in [-0.15, -0.1) is 0 Å². The lowest BCUT2D eigenvalue weighted by Crippen LogP contribution is -2.24. The van der Waals surface area contributed by atoms with E-state index in [4.69, 9.17) is 49.5 Å². The SMILES string of the molecule is CC(=O)NC(C)=O.CC(=O)O.CC(=O)O.CC(=O)O.CC(=O)O.CC(=O)O. The van der Waals surface area contributed by atoms with E-state index in [0.29, 0.717) is 0 Å². The van der Waals surface area contributed by atoms with E-state index in [2.05, 4.69) is 0 Å². The lowest BCUT2D eigenvalue weighted by Gasteiger charge is -1.88. The Bertz CT molecular complexity index is 369. The average Bonchev–Trinajstić information content (AvgIpc) is 2.21. The lowest BCUT2D eigenvalue weighted by molar-refractivity contribution is -0.135. The van der Waals surface area contributed by atoms with Gasteiger partial charge in [-0.1, -0.05) is 0 Å². The highest BCUT2D eigenvalue weighted by Crippen LogP contribution is 1.58. The zero-order valence-corrected chi connectivity index (χ0v) is 16.1. The van der Waals surface area contributed by atoms with Gasteiger partial charge in [0.05, 0.1) is 0 Å². The maximum absolute atomic E-state index is 9.92. The van der Waals surface area contributed by atoms with Crippen LogP contribution in [0.4, 0.5) is 0 Å². The molecule has 0 aromatic rings. The van der Waals surface area contributed by atoms with Gasteiger partial charge in [0, 0.05) is 48.5 Å². The number of amides is 2. The Kier molecular flexibility index (Phi) is 43.7. The van der Waals surface area contributed by atoms with Crippen LogP contribution in [0, 0.1) is 0 Å². The number of carbonyl (C=O) groups excluding carboxylic acids is 2.